The van der Waals surface area contributed by atoms with Crippen LogP contribution >= 0.6 is 0 Å². The number of benzene rings is 2. The van der Waals surface area contributed by atoms with Gasteiger partial charge in [-0.15, -0.1) is 0 Å². The van der Waals surface area contributed by atoms with Crippen molar-refractivity contribution in [1.29, 1.82) is 0 Å². The van der Waals surface area contributed by atoms with E-state index < -0.39 is 0 Å². The van der Waals surface area contributed by atoms with E-state index in [0.717, 1.165) is 30.3 Å². The predicted octanol–water partition coefficient (Wildman–Crippen LogP) is 3.56. The molecule has 2 heterocycles. The Balaban J connectivity index is 1.16. The molecule has 5 rings (SSSR count). The van der Waals surface area contributed by atoms with Crippen LogP contribution in [-0.4, -0.2) is 42.6 Å². The molecule has 1 saturated carbocycles. The number of rotatable bonds is 6. The van der Waals surface area contributed by atoms with Crippen LogP contribution in [0.15, 0.2) is 60.5 Å². The van der Waals surface area contributed by atoms with E-state index in [-0.39, 0.29) is 35.6 Å². The SMILES string of the molecule is COc1ccccc1/C=C1\OC2CCC(C(=O)NCCc3c[nH]c4ccccc34)CC2NC1=O. The maximum absolute atomic E-state index is 12.8. The van der Waals surface area contributed by atoms with Crippen molar-refractivity contribution in [3.8, 4) is 5.75 Å². The van der Waals surface area contributed by atoms with E-state index in [1.54, 1.807) is 13.2 Å². The zero-order valence-corrected chi connectivity index (χ0v) is 19.2. The first-order chi connectivity index (χ1) is 16.6. The molecule has 0 spiro atoms. The molecule has 3 atom stereocenters. The zero-order valence-electron chi connectivity index (χ0n) is 19.2. The standard InChI is InChI=1S/C27H29N3O4/c1-33-23-9-5-2-6-17(23)15-25-27(32)30-22-14-18(10-11-24(22)34-25)26(31)28-13-12-19-16-29-21-8-4-3-7-20(19)21/h2-9,15-16,18,22,24,29H,10-14H2,1H3,(H,28,31)(H,30,32)/b25-15-. The maximum atomic E-state index is 12.8. The van der Waals surface area contributed by atoms with Gasteiger partial charge in [-0.05, 0) is 49.5 Å². The Morgan fingerprint density at radius 1 is 1.18 bits per heavy atom. The van der Waals surface area contributed by atoms with Crippen LogP contribution in [0.1, 0.15) is 30.4 Å². The number of hydrogen-bond donors (Lipinski definition) is 3. The lowest BCUT2D eigenvalue weighted by molar-refractivity contribution is -0.134. The first-order valence-electron chi connectivity index (χ1n) is 11.8. The van der Waals surface area contributed by atoms with Gasteiger partial charge in [0.2, 0.25) is 5.91 Å². The van der Waals surface area contributed by atoms with Gasteiger partial charge in [0.05, 0.1) is 13.2 Å². The highest BCUT2D eigenvalue weighted by Gasteiger charge is 2.40. The van der Waals surface area contributed by atoms with E-state index in [1.165, 1.54) is 10.9 Å². The molecule has 2 amide bonds. The summed E-state index contributed by atoms with van der Waals surface area (Å²) in [4.78, 5) is 28.8. The molecule has 2 fully saturated rings. The van der Waals surface area contributed by atoms with Crippen molar-refractivity contribution in [1.82, 2.24) is 15.6 Å². The van der Waals surface area contributed by atoms with Gasteiger partial charge < -0.3 is 25.1 Å². The third kappa shape index (κ3) is 4.51. The van der Waals surface area contributed by atoms with E-state index in [1.807, 2.05) is 48.7 Å². The molecular weight excluding hydrogens is 430 g/mol. The van der Waals surface area contributed by atoms with Gasteiger partial charge in [0.15, 0.2) is 5.76 Å². The molecule has 3 unspecified atom stereocenters. The Kier molecular flexibility index (Phi) is 6.25. The number of amides is 2. The van der Waals surface area contributed by atoms with Crippen molar-refractivity contribution in [2.75, 3.05) is 13.7 Å². The number of H-pyrrole nitrogens is 1. The molecule has 3 N–H and O–H groups in total. The number of methoxy groups -OCH3 is 1. The number of carbonyl (C=O) groups is 2. The summed E-state index contributed by atoms with van der Waals surface area (Å²) in [5.74, 6) is 0.622. The summed E-state index contributed by atoms with van der Waals surface area (Å²) in [5, 5.41) is 7.33. The lowest BCUT2D eigenvalue weighted by atomic mass is 9.82. The second-order valence-electron chi connectivity index (χ2n) is 8.90. The number of para-hydroxylation sites is 2. The summed E-state index contributed by atoms with van der Waals surface area (Å²) in [6, 6.07) is 15.5. The Labute approximate surface area is 198 Å². The number of aromatic amines is 1. The van der Waals surface area contributed by atoms with Crippen LogP contribution in [0.4, 0.5) is 0 Å². The van der Waals surface area contributed by atoms with Gasteiger partial charge in [0.25, 0.3) is 5.91 Å². The number of fused-ring (bicyclic) bond motifs is 2. The lowest BCUT2D eigenvalue weighted by Crippen LogP contribution is -2.54. The van der Waals surface area contributed by atoms with Crippen molar-refractivity contribution in [2.24, 2.45) is 5.92 Å². The summed E-state index contributed by atoms with van der Waals surface area (Å²) < 4.78 is 11.4. The molecule has 3 aromatic rings. The van der Waals surface area contributed by atoms with Crippen molar-refractivity contribution in [3.05, 3.63) is 71.6 Å². The zero-order chi connectivity index (χ0) is 23.5. The van der Waals surface area contributed by atoms with Crippen molar-refractivity contribution >= 4 is 28.8 Å². The highest BCUT2D eigenvalue weighted by Crippen LogP contribution is 2.32. The van der Waals surface area contributed by atoms with Gasteiger partial charge in [-0.3, -0.25) is 9.59 Å². The largest absolute Gasteiger partial charge is 0.496 e. The summed E-state index contributed by atoms with van der Waals surface area (Å²) in [5.41, 5.74) is 3.09. The molecule has 2 aromatic carbocycles. The Morgan fingerprint density at radius 2 is 2.00 bits per heavy atom. The van der Waals surface area contributed by atoms with Crippen LogP contribution in [0.25, 0.3) is 17.0 Å². The van der Waals surface area contributed by atoms with Crippen LogP contribution in [0.5, 0.6) is 5.75 Å². The lowest BCUT2D eigenvalue weighted by Gasteiger charge is -2.39. The van der Waals surface area contributed by atoms with E-state index in [2.05, 4.69) is 21.7 Å². The smallest absolute Gasteiger partial charge is 0.286 e. The van der Waals surface area contributed by atoms with Crippen LogP contribution in [-0.2, 0) is 20.7 Å². The van der Waals surface area contributed by atoms with Crippen LogP contribution in [0.3, 0.4) is 0 Å². The quantitative estimate of drug-likeness (QED) is 0.492. The summed E-state index contributed by atoms with van der Waals surface area (Å²) in [7, 11) is 1.60. The number of morpholine rings is 1. The fourth-order valence-corrected chi connectivity index (χ4v) is 4.96. The molecule has 1 aliphatic heterocycles. The molecule has 7 nitrogen and oxygen atoms in total. The third-order valence-corrected chi connectivity index (χ3v) is 6.77. The maximum Gasteiger partial charge on any atom is 0.286 e. The highest BCUT2D eigenvalue weighted by molar-refractivity contribution is 5.97. The fourth-order valence-electron chi connectivity index (χ4n) is 4.96. The predicted molar refractivity (Wildman–Crippen MR) is 130 cm³/mol. The molecular formula is C27H29N3O4. The van der Waals surface area contributed by atoms with Crippen molar-refractivity contribution < 1.29 is 19.1 Å². The first kappa shape index (κ1) is 22.1. The normalized spacial score (nSPS) is 23.1. The second-order valence-corrected chi connectivity index (χ2v) is 8.90. The third-order valence-electron chi connectivity index (χ3n) is 6.77. The van der Waals surface area contributed by atoms with Gasteiger partial charge in [-0.2, -0.15) is 0 Å². The first-order valence-corrected chi connectivity index (χ1v) is 11.8. The minimum Gasteiger partial charge on any atom is -0.496 e. The van der Waals surface area contributed by atoms with Gasteiger partial charge in [-0.1, -0.05) is 36.4 Å². The molecule has 34 heavy (non-hydrogen) atoms. The van der Waals surface area contributed by atoms with E-state index in [9.17, 15) is 9.59 Å². The molecule has 1 saturated heterocycles. The Morgan fingerprint density at radius 3 is 2.88 bits per heavy atom. The van der Waals surface area contributed by atoms with E-state index >= 15 is 0 Å². The number of aromatic nitrogens is 1. The number of ether oxygens (including phenoxy) is 2. The Bertz CT molecular complexity index is 1230. The molecule has 1 aliphatic carbocycles. The second kappa shape index (κ2) is 9.63. The van der Waals surface area contributed by atoms with Gasteiger partial charge in [0, 0.05) is 35.1 Å². The average Bonchev–Trinajstić information content (AvgIpc) is 3.27. The Hall–Kier alpha value is -3.74. The van der Waals surface area contributed by atoms with Crippen LogP contribution < -0.4 is 15.4 Å². The molecule has 1 aromatic heterocycles. The average molecular weight is 460 g/mol. The van der Waals surface area contributed by atoms with Gasteiger partial charge in [0.1, 0.15) is 11.9 Å². The van der Waals surface area contributed by atoms with Gasteiger partial charge >= 0.3 is 0 Å². The topological polar surface area (TPSA) is 92.4 Å². The number of carbonyl (C=O) groups excluding carboxylic acids is 2. The number of hydrogen-bond acceptors (Lipinski definition) is 4. The molecule has 0 radical (unpaired) electrons. The van der Waals surface area contributed by atoms with Crippen molar-refractivity contribution in [2.45, 2.75) is 37.8 Å². The summed E-state index contributed by atoms with van der Waals surface area (Å²) in [6.07, 6.45) is 6.39. The minimum atomic E-state index is -0.257. The van der Waals surface area contributed by atoms with Gasteiger partial charge in [-0.25, -0.2) is 0 Å². The van der Waals surface area contributed by atoms with Crippen molar-refractivity contribution in [3.63, 3.8) is 0 Å². The minimum absolute atomic E-state index is 0.0444. The summed E-state index contributed by atoms with van der Waals surface area (Å²) >= 11 is 0. The number of nitrogens with one attached hydrogen (secondary N) is 3. The fraction of sp³-hybridized carbons (Fsp3) is 0.333. The molecule has 2 aliphatic rings. The highest BCUT2D eigenvalue weighted by atomic mass is 16.5. The van der Waals surface area contributed by atoms with Crippen LogP contribution in [0, 0.1) is 5.92 Å². The molecule has 176 valence electrons. The molecule has 0 bridgehead atoms. The van der Waals surface area contributed by atoms with Crippen LogP contribution in [0.2, 0.25) is 0 Å². The van der Waals surface area contributed by atoms with E-state index in [4.69, 9.17) is 9.47 Å². The summed E-state index contributed by atoms with van der Waals surface area (Å²) in [6.45, 7) is 0.583. The van der Waals surface area contributed by atoms with E-state index in [0.29, 0.717) is 18.7 Å². The monoisotopic (exact) mass is 459 g/mol. The molecule has 7 heteroatoms.